The lowest BCUT2D eigenvalue weighted by atomic mass is 10.2. The van der Waals surface area contributed by atoms with Crippen molar-refractivity contribution in [1.82, 2.24) is 14.8 Å². The summed E-state index contributed by atoms with van der Waals surface area (Å²) in [7, 11) is 0. The number of aromatic nitrogens is 3. The number of nitrogens with zero attached hydrogens (tertiary/aromatic N) is 3. The van der Waals surface area contributed by atoms with E-state index >= 15 is 0 Å². The maximum absolute atomic E-state index is 5.91. The average molecular weight is 447 g/mol. The van der Waals surface area contributed by atoms with E-state index in [0.29, 0.717) is 24.8 Å². The molecule has 0 saturated heterocycles. The van der Waals surface area contributed by atoms with Crippen LogP contribution in [0.1, 0.15) is 12.7 Å². The molecule has 2 aromatic carbocycles. The molecule has 0 bridgehead atoms. The SMILES string of the molecule is CCn1c(COc2ccc(Cl)cc2)nnc1SCCNc1ccc2c(c1)OCCO2. The molecule has 7 nitrogen and oxygen atoms in total. The number of halogens is 1. The summed E-state index contributed by atoms with van der Waals surface area (Å²) in [5.74, 6) is 3.99. The van der Waals surface area contributed by atoms with Crippen molar-refractivity contribution in [2.45, 2.75) is 25.2 Å². The van der Waals surface area contributed by atoms with Gasteiger partial charge in [-0.15, -0.1) is 10.2 Å². The topological polar surface area (TPSA) is 70.4 Å². The summed E-state index contributed by atoms with van der Waals surface area (Å²) in [5.41, 5.74) is 1.01. The molecule has 0 fully saturated rings. The lowest BCUT2D eigenvalue weighted by molar-refractivity contribution is 0.171. The quantitative estimate of drug-likeness (QED) is 0.383. The number of hydrogen-bond acceptors (Lipinski definition) is 7. The summed E-state index contributed by atoms with van der Waals surface area (Å²) >= 11 is 7.57. The van der Waals surface area contributed by atoms with Crippen LogP contribution in [0.15, 0.2) is 47.6 Å². The van der Waals surface area contributed by atoms with Crippen LogP contribution < -0.4 is 19.5 Å². The molecule has 0 saturated carbocycles. The van der Waals surface area contributed by atoms with E-state index in [1.807, 2.05) is 30.3 Å². The van der Waals surface area contributed by atoms with Gasteiger partial charge in [-0.05, 0) is 43.3 Å². The predicted molar refractivity (Wildman–Crippen MR) is 118 cm³/mol. The van der Waals surface area contributed by atoms with Gasteiger partial charge in [-0.2, -0.15) is 0 Å². The van der Waals surface area contributed by atoms with Crippen molar-refractivity contribution in [1.29, 1.82) is 0 Å². The lowest BCUT2D eigenvalue weighted by Gasteiger charge is -2.19. The molecule has 0 spiro atoms. The fraction of sp³-hybridized carbons (Fsp3) is 0.333. The zero-order chi connectivity index (χ0) is 20.8. The van der Waals surface area contributed by atoms with E-state index in [-0.39, 0.29) is 0 Å². The predicted octanol–water partition coefficient (Wildman–Crippen LogP) is 4.51. The van der Waals surface area contributed by atoms with Crippen LogP contribution in [-0.4, -0.2) is 40.3 Å². The van der Waals surface area contributed by atoms with E-state index in [1.54, 1.807) is 23.9 Å². The van der Waals surface area contributed by atoms with Crippen LogP contribution in [0.2, 0.25) is 5.02 Å². The van der Waals surface area contributed by atoms with E-state index in [0.717, 1.165) is 52.8 Å². The molecule has 0 aliphatic carbocycles. The number of nitrogens with one attached hydrogen (secondary N) is 1. The van der Waals surface area contributed by atoms with E-state index < -0.39 is 0 Å². The lowest BCUT2D eigenvalue weighted by Crippen LogP contribution is -2.15. The van der Waals surface area contributed by atoms with Crippen LogP contribution in [0.3, 0.4) is 0 Å². The molecule has 0 unspecified atom stereocenters. The Labute approximate surface area is 184 Å². The smallest absolute Gasteiger partial charge is 0.191 e. The Morgan fingerprint density at radius 2 is 1.90 bits per heavy atom. The van der Waals surface area contributed by atoms with Gasteiger partial charge >= 0.3 is 0 Å². The summed E-state index contributed by atoms with van der Waals surface area (Å²) in [6.07, 6.45) is 0. The number of benzene rings is 2. The fourth-order valence-corrected chi connectivity index (χ4v) is 4.02. The van der Waals surface area contributed by atoms with E-state index in [1.165, 1.54) is 0 Å². The minimum Gasteiger partial charge on any atom is -0.486 e. The second-order valence-corrected chi connectivity index (χ2v) is 8.02. The van der Waals surface area contributed by atoms with Gasteiger partial charge in [0.25, 0.3) is 0 Å². The molecule has 1 N–H and O–H groups in total. The molecule has 0 atom stereocenters. The van der Waals surface area contributed by atoms with Crippen molar-refractivity contribution in [3.8, 4) is 17.2 Å². The highest BCUT2D eigenvalue weighted by atomic mass is 35.5. The summed E-state index contributed by atoms with van der Waals surface area (Å²) in [4.78, 5) is 0. The third-order valence-corrected chi connectivity index (χ3v) is 5.72. The zero-order valence-corrected chi connectivity index (χ0v) is 18.2. The average Bonchev–Trinajstić information content (AvgIpc) is 3.18. The van der Waals surface area contributed by atoms with Crippen molar-refractivity contribution >= 4 is 29.1 Å². The third-order valence-electron chi connectivity index (χ3n) is 4.50. The van der Waals surface area contributed by atoms with Gasteiger partial charge in [0.1, 0.15) is 25.6 Å². The first-order valence-corrected chi connectivity index (χ1v) is 11.2. The van der Waals surface area contributed by atoms with Gasteiger partial charge in [0.2, 0.25) is 0 Å². The molecular weight excluding hydrogens is 424 g/mol. The van der Waals surface area contributed by atoms with Crippen molar-refractivity contribution in [2.75, 3.05) is 30.8 Å². The summed E-state index contributed by atoms with van der Waals surface area (Å²) < 4.78 is 19.1. The summed E-state index contributed by atoms with van der Waals surface area (Å²) in [6, 6.07) is 13.2. The van der Waals surface area contributed by atoms with Gasteiger partial charge in [0.15, 0.2) is 22.5 Å². The van der Waals surface area contributed by atoms with Crippen LogP contribution >= 0.6 is 23.4 Å². The minimum absolute atomic E-state index is 0.360. The fourth-order valence-electron chi connectivity index (χ4n) is 3.02. The molecule has 4 rings (SSSR count). The van der Waals surface area contributed by atoms with Gasteiger partial charge in [-0.25, -0.2) is 0 Å². The first kappa shape index (κ1) is 20.7. The number of ether oxygens (including phenoxy) is 3. The van der Waals surface area contributed by atoms with Crippen molar-refractivity contribution in [2.24, 2.45) is 0 Å². The first-order valence-electron chi connectivity index (χ1n) is 9.79. The highest BCUT2D eigenvalue weighted by Crippen LogP contribution is 2.32. The Balaban J connectivity index is 1.28. The molecule has 1 aromatic heterocycles. The Bertz CT molecular complexity index is 981. The Hall–Kier alpha value is -2.58. The van der Waals surface area contributed by atoms with Crippen molar-refractivity contribution in [3.05, 3.63) is 53.3 Å². The van der Waals surface area contributed by atoms with Crippen LogP contribution in [0.25, 0.3) is 0 Å². The summed E-state index contributed by atoms with van der Waals surface area (Å²) in [5, 5.41) is 13.6. The van der Waals surface area contributed by atoms with E-state index in [4.69, 9.17) is 25.8 Å². The molecule has 2 heterocycles. The molecule has 30 heavy (non-hydrogen) atoms. The maximum Gasteiger partial charge on any atom is 0.191 e. The number of rotatable bonds is 9. The maximum atomic E-state index is 5.91. The molecule has 3 aromatic rings. The largest absolute Gasteiger partial charge is 0.486 e. The molecule has 1 aliphatic rings. The first-order chi connectivity index (χ1) is 14.7. The van der Waals surface area contributed by atoms with Gasteiger partial charge < -0.3 is 24.1 Å². The molecule has 1 aliphatic heterocycles. The molecular formula is C21H23ClN4O3S. The molecule has 0 radical (unpaired) electrons. The second-order valence-electron chi connectivity index (χ2n) is 6.52. The number of anilines is 1. The van der Waals surface area contributed by atoms with Crippen LogP contribution in [0.4, 0.5) is 5.69 Å². The molecule has 9 heteroatoms. The van der Waals surface area contributed by atoms with E-state index in [9.17, 15) is 0 Å². The van der Waals surface area contributed by atoms with Gasteiger partial charge in [0, 0.05) is 35.6 Å². The van der Waals surface area contributed by atoms with E-state index in [2.05, 4.69) is 27.0 Å². The van der Waals surface area contributed by atoms with Crippen LogP contribution in [0, 0.1) is 0 Å². The van der Waals surface area contributed by atoms with Crippen LogP contribution in [0.5, 0.6) is 17.2 Å². The van der Waals surface area contributed by atoms with Gasteiger partial charge in [-0.3, -0.25) is 0 Å². The Morgan fingerprint density at radius 1 is 1.10 bits per heavy atom. The molecule has 0 amide bonds. The molecule has 158 valence electrons. The highest BCUT2D eigenvalue weighted by Gasteiger charge is 2.13. The highest BCUT2D eigenvalue weighted by molar-refractivity contribution is 7.99. The normalized spacial score (nSPS) is 12.6. The minimum atomic E-state index is 0.360. The summed E-state index contributed by atoms with van der Waals surface area (Å²) in [6.45, 7) is 5.19. The number of thioether (sulfide) groups is 1. The van der Waals surface area contributed by atoms with Gasteiger partial charge in [0.05, 0.1) is 0 Å². The zero-order valence-electron chi connectivity index (χ0n) is 16.6. The van der Waals surface area contributed by atoms with Gasteiger partial charge in [-0.1, -0.05) is 23.4 Å². The van der Waals surface area contributed by atoms with Crippen LogP contribution in [-0.2, 0) is 13.2 Å². The Kier molecular flexibility index (Phi) is 6.86. The van der Waals surface area contributed by atoms with Crippen molar-refractivity contribution < 1.29 is 14.2 Å². The standard InChI is InChI=1S/C21H23ClN4O3S/c1-2-26-20(14-29-17-6-3-15(22)4-7-17)24-25-21(26)30-12-9-23-16-5-8-18-19(13-16)28-11-10-27-18/h3-8,13,23H,2,9-12,14H2,1H3. The third kappa shape index (κ3) is 5.12. The number of fused-ring (bicyclic) bond motifs is 1. The monoisotopic (exact) mass is 446 g/mol. The van der Waals surface area contributed by atoms with Crippen molar-refractivity contribution in [3.63, 3.8) is 0 Å². The number of hydrogen-bond donors (Lipinski definition) is 1. The second kappa shape index (κ2) is 9.95. The Morgan fingerprint density at radius 3 is 2.70 bits per heavy atom.